The summed E-state index contributed by atoms with van der Waals surface area (Å²) >= 11 is 0. The highest BCUT2D eigenvalue weighted by Crippen LogP contribution is 2.47. The molecule has 1 spiro atoms. The molecular weight excluding hydrogens is 278 g/mol. The number of rotatable bonds is 2. The summed E-state index contributed by atoms with van der Waals surface area (Å²) in [6.45, 7) is 2.36. The Labute approximate surface area is 133 Å². The second-order valence-corrected chi connectivity index (χ2v) is 6.67. The Bertz CT molecular complexity index is 478. The number of methoxy groups -OCH3 is 2. The molecule has 3 atom stereocenters. The lowest BCUT2D eigenvalue weighted by molar-refractivity contribution is 0.133. The van der Waals surface area contributed by atoms with E-state index in [1.165, 1.54) is 32.2 Å². The molecule has 0 N–H and O–H groups in total. The average molecular weight is 305 g/mol. The predicted octanol–water partition coefficient (Wildman–Crippen LogP) is 2.96. The van der Waals surface area contributed by atoms with Gasteiger partial charge in [-0.3, -0.25) is 0 Å². The van der Waals surface area contributed by atoms with Gasteiger partial charge < -0.3 is 19.1 Å². The number of hydrogen-bond donors (Lipinski definition) is 0. The highest BCUT2D eigenvalue weighted by Gasteiger charge is 2.52. The smallest absolute Gasteiger partial charge is 0.160 e. The van der Waals surface area contributed by atoms with Crippen molar-refractivity contribution in [3.63, 3.8) is 0 Å². The first-order valence-corrected chi connectivity index (χ1v) is 8.19. The zero-order chi connectivity index (χ0) is 15.6. The molecule has 3 aliphatic rings. The summed E-state index contributed by atoms with van der Waals surface area (Å²) in [6.07, 6.45) is 5.49. The van der Waals surface area contributed by atoms with Crippen molar-refractivity contribution < 1.29 is 14.2 Å². The fourth-order valence-electron chi connectivity index (χ4n) is 3.83. The summed E-state index contributed by atoms with van der Waals surface area (Å²) in [6, 6.07) is 8.38. The molecule has 3 unspecified atom stereocenters. The zero-order valence-electron chi connectivity index (χ0n) is 13.9. The van der Waals surface area contributed by atoms with Gasteiger partial charge in [-0.1, -0.05) is 12.1 Å². The van der Waals surface area contributed by atoms with Crippen molar-refractivity contribution in [2.45, 2.75) is 37.3 Å². The van der Waals surface area contributed by atoms with Crippen LogP contribution in [0.5, 0.6) is 11.5 Å². The Balaban J connectivity index is 0.000000134. The number of nitrogens with zero attached hydrogens (tertiary/aromatic N) is 1. The van der Waals surface area contributed by atoms with Gasteiger partial charge in [0, 0.05) is 6.04 Å². The van der Waals surface area contributed by atoms with E-state index in [2.05, 4.69) is 11.9 Å². The lowest BCUT2D eigenvalue weighted by Crippen LogP contribution is -2.38. The number of epoxide rings is 1. The van der Waals surface area contributed by atoms with Gasteiger partial charge in [0.1, 0.15) is 0 Å². The molecule has 2 heterocycles. The Morgan fingerprint density at radius 2 is 1.77 bits per heavy atom. The van der Waals surface area contributed by atoms with Crippen molar-refractivity contribution >= 4 is 0 Å². The Morgan fingerprint density at radius 1 is 1.14 bits per heavy atom. The molecule has 0 radical (unpaired) electrons. The molecule has 2 aliphatic heterocycles. The lowest BCUT2D eigenvalue weighted by Gasteiger charge is -2.33. The Morgan fingerprint density at radius 3 is 2.32 bits per heavy atom. The van der Waals surface area contributed by atoms with Crippen LogP contribution in [0.1, 0.15) is 25.7 Å². The van der Waals surface area contributed by atoms with E-state index in [4.69, 9.17) is 14.2 Å². The summed E-state index contributed by atoms with van der Waals surface area (Å²) in [7, 11) is 5.52. The van der Waals surface area contributed by atoms with Crippen LogP contribution >= 0.6 is 0 Å². The van der Waals surface area contributed by atoms with E-state index in [1.54, 1.807) is 14.2 Å². The maximum absolute atomic E-state index is 5.57. The van der Waals surface area contributed by atoms with Crippen molar-refractivity contribution in [3.8, 4) is 11.5 Å². The summed E-state index contributed by atoms with van der Waals surface area (Å²) in [5.41, 5.74) is 0.361. The summed E-state index contributed by atoms with van der Waals surface area (Å²) in [4.78, 5) is 2.53. The van der Waals surface area contributed by atoms with Crippen LogP contribution in [0.25, 0.3) is 0 Å². The maximum atomic E-state index is 5.57. The first kappa shape index (κ1) is 15.6. The number of fused-ring (bicyclic) bond motifs is 1. The van der Waals surface area contributed by atoms with Crippen LogP contribution in [0.3, 0.4) is 0 Å². The van der Waals surface area contributed by atoms with Crippen molar-refractivity contribution in [1.82, 2.24) is 4.90 Å². The van der Waals surface area contributed by atoms with Crippen molar-refractivity contribution in [2.24, 2.45) is 5.92 Å². The normalized spacial score (nSPS) is 32.9. The first-order chi connectivity index (χ1) is 10.7. The average Bonchev–Trinajstić information content (AvgIpc) is 3.22. The van der Waals surface area contributed by atoms with Gasteiger partial charge in [0.2, 0.25) is 0 Å². The van der Waals surface area contributed by atoms with Gasteiger partial charge in [-0.15, -0.1) is 0 Å². The molecule has 122 valence electrons. The highest BCUT2D eigenvalue weighted by atomic mass is 16.6. The van der Waals surface area contributed by atoms with Crippen LogP contribution in [0.15, 0.2) is 24.3 Å². The number of benzene rings is 1. The predicted molar refractivity (Wildman–Crippen MR) is 86.6 cm³/mol. The van der Waals surface area contributed by atoms with Crippen LogP contribution in [0.4, 0.5) is 0 Å². The maximum Gasteiger partial charge on any atom is 0.160 e. The van der Waals surface area contributed by atoms with Crippen LogP contribution in [0.2, 0.25) is 0 Å². The molecule has 0 bridgehead atoms. The fraction of sp³-hybridized carbons (Fsp3) is 0.667. The van der Waals surface area contributed by atoms with Gasteiger partial charge >= 0.3 is 0 Å². The van der Waals surface area contributed by atoms with E-state index < -0.39 is 0 Å². The van der Waals surface area contributed by atoms with E-state index in [1.807, 2.05) is 24.3 Å². The molecule has 22 heavy (non-hydrogen) atoms. The van der Waals surface area contributed by atoms with Crippen molar-refractivity contribution in [3.05, 3.63) is 24.3 Å². The minimum absolute atomic E-state index is 0.361. The van der Waals surface area contributed by atoms with Gasteiger partial charge in [-0.05, 0) is 57.3 Å². The number of ether oxygens (including phenoxy) is 3. The zero-order valence-corrected chi connectivity index (χ0v) is 13.9. The van der Waals surface area contributed by atoms with E-state index >= 15 is 0 Å². The molecule has 2 saturated heterocycles. The SMILES string of the molecule is CN1CCC2CCC3(CO3)CC21.COc1ccccc1OC. The van der Waals surface area contributed by atoms with E-state index in [9.17, 15) is 0 Å². The summed E-state index contributed by atoms with van der Waals surface area (Å²) in [5, 5.41) is 0. The Kier molecular flexibility index (Phi) is 4.59. The third-order valence-electron chi connectivity index (χ3n) is 5.36. The largest absolute Gasteiger partial charge is 0.493 e. The molecule has 1 aromatic rings. The topological polar surface area (TPSA) is 34.2 Å². The second-order valence-electron chi connectivity index (χ2n) is 6.67. The molecule has 1 saturated carbocycles. The third kappa shape index (κ3) is 3.23. The quantitative estimate of drug-likeness (QED) is 0.787. The van der Waals surface area contributed by atoms with Crippen molar-refractivity contribution in [1.29, 1.82) is 0 Å². The summed E-state index contributed by atoms with van der Waals surface area (Å²) in [5.74, 6) is 2.53. The number of likely N-dealkylation sites (tertiary alicyclic amines) is 1. The van der Waals surface area contributed by atoms with Crippen molar-refractivity contribution in [2.75, 3.05) is 34.4 Å². The van der Waals surface area contributed by atoms with Gasteiger partial charge in [0.05, 0.1) is 26.4 Å². The molecule has 1 aromatic carbocycles. The second kappa shape index (κ2) is 6.47. The molecular formula is C18H27NO3. The minimum Gasteiger partial charge on any atom is -0.493 e. The Hall–Kier alpha value is -1.26. The molecule has 0 aromatic heterocycles. The fourth-order valence-corrected chi connectivity index (χ4v) is 3.83. The first-order valence-electron chi connectivity index (χ1n) is 8.19. The molecule has 4 heteroatoms. The number of para-hydroxylation sites is 2. The standard InChI is InChI=1S/C10H17NO.C8H10O2/c1-11-5-3-8-2-4-10(7-12-10)6-9(8)11;1-9-7-5-3-4-6-8(7)10-2/h8-9H,2-7H2,1H3;3-6H,1-2H3. The lowest BCUT2D eigenvalue weighted by atomic mass is 9.79. The molecule has 4 rings (SSSR count). The van der Waals surface area contributed by atoms with Gasteiger partial charge in [-0.2, -0.15) is 0 Å². The van der Waals surface area contributed by atoms with Gasteiger partial charge in [0.15, 0.2) is 11.5 Å². The summed E-state index contributed by atoms with van der Waals surface area (Å²) < 4.78 is 15.6. The van der Waals surface area contributed by atoms with Gasteiger partial charge in [-0.25, -0.2) is 0 Å². The molecule has 0 amide bonds. The minimum atomic E-state index is 0.361. The van der Waals surface area contributed by atoms with E-state index in [-0.39, 0.29) is 0 Å². The van der Waals surface area contributed by atoms with Crippen LogP contribution in [-0.4, -0.2) is 51.0 Å². The monoisotopic (exact) mass is 305 g/mol. The van der Waals surface area contributed by atoms with Crippen LogP contribution in [-0.2, 0) is 4.74 Å². The molecule has 3 fully saturated rings. The van der Waals surface area contributed by atoms with E-state index in [0.29, 0.717) is 5.60 Å². The third-order valence-corrected chi connectivity index (χ3v) is 5.36. The number of hydrogen-bond acceptors (Lipinski definition) is 4. The van der Waals surface area contributed by atoms with Crippen LogP contribution in [0, 0.1) is 5.92 Å². The van der Waals surface area contributed by atoms with E-state index in [0.717, 1.165) is 30.1 Å². The van der Waals surface area contributed by atoms with Gasteiger partial charge in [0.25, 0.3) is 0 Å². The van der Waals surface area contributed by atoms with Crippen LogP contribution < -0.4 is 9.47 Å². The highest BCUT2D eigenvalue weighted by molar-refractivity contribution is 5.39. The molecule has 4 nitrogen and oxygen atoms in total. The molecule has 1 aliphatic carbocycles.